The minimum absolute atomic E-state index is 0.00351. The van der Waals surface area contributed by atoms with Gasteiger partial charge in [0.05, 0.1) is 20.6 Å². The van der Waals surface area contributed by atoms with Gasteiger partial charge in [0.25, 0.3) is 0 Å². The van der Waals surface area contributed by atoms with Gasteiger partial charge in [0, 0.05) is 11.6 Å². The molecule has 8 heteroatoms. The van der Waals surface area contributed by atoms with Crippen LogP contribution in [0.1, 0.15) is 12.0 Å². The highest BCUT2D eigenvalue weighted by Gasteiger charge is 2.13. The molecule has 140 valence electrons. The van der Waals surface area contributed by atoms with Gasteiger partial charge >= 0.3 is 17.9 Å². The van der Waals surface area contributed by atoms with E-state index in [4.69, 9.17) is 9.47 Å². The second kappa shape index (κ2) is 11.4. The summed E-state index contributed by atoms with van der Waals surface area (Å²) in [7, 11) is 2.46. The highest BCUT2D eigenvalue weighted by molar-refractivity contribution is 5.93. The summed E-state index contributed by atoms with van der Waals surface area (Å²) in [5.74, 6) is -1.30. The van der Waals surface area contributed by atoms with Crippen LogP contribution in [0.4, 0.5) is 0 Å². The molecule has 0 amide bonds. The Balaban J connectivity index is 2.33. The summed E-state index contributed by atoms with van der Waals surface area (Å²) in [5.41, 5.74) is 0.774. The van der Waals surface area contributed by atoms with Gasteiger partial charge in [0.1, 0.15) is 19.0 Å². The molecule has 0 bridgehead atoms. The summed E-state index contributed by atoms with van der Waals surface area (Å²) in [5, 5.41) is 0. The van der Waals surface area contributed by atoms with Crippen LogP contribution in [0.25, 0.3) is 6.08 Å². The number of benzene rings is 1. The maximum absolute atomic E-state index is 11.6. The Hall–Kier alpha value is -3.13. The zero-order valence-electron chi connectivity index (χ0n) is 14.6. The standard InChI is InChI=1S/C18H20O8/c1-13(12-17(20)22-2)18(21)25-11-10-24-15-7-4-14(5-8-15)6-9-16(19)26-23-3/h4-9H,1,10-12H2,2-3H3. The molecular weight excluding hydrogens is 344 g/mol. The second-order valence-corrected chi connectivity index (χ2v) is 4.81. The fraction of sp³-hybridized carbons (Fsp3) is 0.278. The van der Waals surface area contributed by atoms with Crippen LogP contribution in [-0.2, 0) is 33.6 Å². The molecule has 0 aliphatic rings. The van der Waals surface area contributed by atoms with Gasteiger partial charge < -0.3 is 14.2 Å². The van der Waals surface area contributed by atoms with Crippen molar-refractivity contribution in [3.8, 4) is 5.75 Å². The van der Waals surface area contributed by atoms with Crippen molar-refractivity contribution in [2.45, 2.75) is 6.42 Å². The van der Waals surface area contributed by atoms with E-state index in [0.29, 0.717) is 5.75 Å². The number of ether oxygens (including phenoxy) is 3. The SMILES string of the molecule is C=C(CC(=O)OC)C(=O)OCCOc1ccc(C=CC(=O)OOC)cc1. The summed E-state index contributed by atoms with van der Waals surface area (Å²) in [6.07, 6.45) is 2.56. The molecule has 0 saturated carbocycles. The average Bonchev–Trinajstić information content (AvgIpc) is 2.64. The third-order valence-electron chi connectivity index (χ3n) is 2.92. The Kier molecular flexibility index (Phi) is 9.19. The quantitative estimate of drug-likeness (QED) is 0.204. The molecule has 8 nitrogen and oxygen atoms in total. The van der Waals surface area contributed by atoms with Crippen molar-refractivity contribution >= 4 is 24.0 Å². The minimum atomic E-state index is -0.678. The van der Waals surface area contributed by atoms with Gasteiger partial charge in [0.2, 0.25) is 0 Å². The first-order valence-electron chi connectivity index (χ1n) is 7.53. The maximum atomic E-state index is 11.6. The number of rotatable bonds is 10. The second-order valence-electron chi connectivity index (χ2n) is 4.81. The lowest BCUT2D eigenvalue weighted by Gasteiger charge is -2.08. The van der Waals surface area contributed by atoms with E-state index in [1.165, 1.54) is 20.3 Å². The lowest BCUT2D eigenvalue weighted by Crippen LogP contribution is -2.15. The van der Waals surface area contributed by atoms with Crippen LogP contribution in [-0.4, -0.2) is 45.3 Å². The van der Waals surface area contributed by atoms with Gasteiger partial charge in [-0.3, -0.25) is 9.68 Å². The van der Waals surface area contributed by atoms with Gasteiger partial charge in [-0.25, -0.2) is 9.59 Å². The van der Waals surface area contributed by atoms with E-state index < -0.39 is 17.9 Å². The predicted octanol–water partition coefficient (Wildman–Crippen LogP) is 1.85. The summed E-state index contributed by atoms with van der Waals surface area (Å²) in [4.78, 5) is 42.3. The van der Waals surface area contributed by atoms with Gasteiger partial charge in [-0.05, 0) is 23.8 Å². The first-order valence-corrected chi connectivity index (χ1v) is 7.53. The van der Waals surface area contributed by atoms with Gasteiger partial charge in [-0.1, -0.05) is 18.7 Å². The molecule has 0 aromatic heterocycles. The van der Waals surface area contributed by atoms with E-state index >= 15 is 0 Å². The minimum Gasteiger partial charge on any atom is -0.490 e. The van der Waals surface area contributed by atoms with Crippen molar-refractivity contribution in [3.05, 3.63) is 48.1 Å². The van der Waals surface area contributed by atoms with Crippen LogP contribution in [0.2, 0.25) is 0 Å². The van der Waals surface area contributed by atoms with Crippen molar-refractivity contribution in [3.63, 3.8) is 0 Å². The van der Waals surface area contributed by atoms with Gasteiger partial charge in [-0.15, -0.1) is 0 Å². The first kappa shape index (κ1) is 20.9. The zero-order chi connectivity index (χ0) is 19.4. The van der Waals surface area contributed by atoms with E-state index in [-0.39, 0.29) is 25.2 Å². The lowest BCUT2D eigenvalue weighted by atomic mass is 10.2. The molecular formula is C18H20O8. The number of hydrogen-bond donors (Lipinski definition) is 0. The largest absolute Gasteiger partial charge is 0.490 e. The Labute approximate surface area is 150 Å². The lowest BCUT2D eigenvalue weighted by molar-refractivity contribution is -0.249. The number of carbonyl (C=O) groups is 3. The predicted molar refractivity (Wildman–Crippen MR) is 90.8 cm³/mol. The molecule has 0 fully saturated rings. The third kappa shape index (κ3) is 8.11. The van der Waals surface area contributed by atoms with Gasteiger partial charge in [-0.2, -0.15) is 4.89 Å². The summed E-state index contributed by atoms with van der Waals surface area (Å²) < 4.78 is 14.8. The molecule has 0 unspecified atom stereocenters. The van der Waals surface area contributed by atoms with E-state index in [0.717, 1.165) is 5.56 Å². The number of methoxy groups -OCH3 is 1. The first-order chi connectivity index (χ1) is 12.5. The van der Waals surface area contributed by atoms with Crippen molar-refractivity contribution in [2.24, 2.45) is 0 Å². The van der Waals surface area contributed by atoms with E-state index in [1.54, 1.807) is 30.3 Å². The van der Waals surface area contributed by atoms with Crippen molar-refractivity contribution in [2.75, 3.05) is 27.4 Å². The summed E-state index contributed by atoms with van der Waals surface area (Å²) in [6.45, 7) is 3.60. The normalized spacial score (nSPS) is 10.2. The van der Waals surface area contributed by atoms with Crippen molar-refractivity contribution in [1.29, 1.82) is 0 Å². The van der Waals surface area contributed by atoms with Crippen LogP contribution in [0.15, 0.2) is 42.5 Å². The molecule has 0 atom stereocenters. The molecule has 0 radical (unpaired) electrons. The average molecular weight is 364 g/mol. The molecule has 1 aromatic rings. The maximum Gasteiger partial charge on any atom is 0.365 e. The van der Waals surface area contributed by atoms with Crippen molar-refractivity contribution in [1.82, 2.24) is 0 Å². The number of carbonyl (C=O) groups excluding carboxylic acids is 3. The molecule has 26 heavy (non-hydrogen) atoms. The highest BCUT2D eigenvalue weighted by atomic mass is 17.2. The van der Waals surface area contributed by atoms with Crippen LogP contribution >= 0.6 is 0 Å². The molecule has 0 heterocycles. The molecule has 0 N–H and O–H groups in total. The fourth-order valence-electron chi connectivity index (χ4n) is 1.66. The molecule has 1 aromatic carbocycles. The Morgan fingerprint density at radius 3 is 2.38 bits per heavy atom. The Morgan fingerprint density at radius 1 is 1.08 bits per heavy atom. The third-order valence-corrected chi connectivity index (χ3v) is 2.92. The Bertz CT molecular complexity index is 660. The van der Waals surface area contributed by atoms with Crippen LogP contribution in [0, 0.1) is 0 Å². The monoisotopic (exact) mass is 364 g/mol. The molecule has 0 aliphatic carbocycles. The van der Waals surface area contributed by atoms with Crippen LogP contribution in [0.5, 0.6) is 5.75 Å². The fourth-order valence-corrected chi connectivity index (χ4v) is 1.66. The van der Waals surface area contributed by atoms with Crippen LogP contribution < -0.4 is 4.74 Å². The van der Waals surface area contributed by atoms with Crippen molar-refractivity contribution < 1.29 is 38.4 Å². The smallest absolute Gasteiger partial charge is 0.365 e. The van der Waals surface area contributed by atoms with E-state index in [2.05, 4.69) is 21.1 Å². The summed E-state index contributed by atoms with van der Waals surface area (Å²) >= 11 is 0. The van der Waals surface area contributed by atoms with E-state index in [9.17, 15) is 14.4 Å². The number of esters is 2. The number of hydrogen-bond acceptors (Lipinski definition) is 8. The molecule has 0 saturated heterocycles. The summed E-state index contributed by atoms with van der Waals surface area (Å²) in [6, 6.07) is 6.85. The zero-order valence-corrected chi connectivity index (χ0v) is 14.6. The Morgan fingerprint density at radius 2 is 1.77 bits per heavy atom. The topological polar surface area (TPSA) is 97.4 Å². The molecule has 0 spiro atoms. The molecule has 0 aliphatic heterocycles. The van der Waals surface area contributed by atoms with Gasteiger partial charge in [0.15, 0.2) is 0 Å². The van der Waals surface area contributed by atoms with E-state index in [1.807, 2.05) is 0 Å². The van der Waals surface area contributed by atoms with Crippen LogP contribution in [0.3, 0.4) is 0 Å². The molecule has 1 rings (SSSR count). The highest BCUT2D eigenvalue weighted by Crippen LogP contribution is 2.13.